The van der Waals surface area contributed by atoms with Gasteiger partial charge in [-0.05, 0) is 35.7 Å². The summed E-state index contributed by atoms with van der Waals surface area (Å²) in [7, 11) is -3.26. The van der Waals surface area contributed by atoms with Crippen LogP contribution in [0.5, 0.6) is 0 Å². The normalized spacial score (nSPS) is 12.0. The molecule has 0 spiro atoms. The number of hydrogen-bond donors (Lipinski definition) is 1. The van der Waals surface area contributed by atoms with E-state index >= 15 is 0 Å². The number of aromatic nitrogens is 1. The van der Waals surface area contributed by atoms with E-state index < -0.39 is 9.84 Å². The number of nitrogens with zero attached hydrogens (tertiary/aromatic N) is 1. The van der Waals surface area contributed by atoms with Crippen molar-refractivity contribution >= 4 is 59.8 Å². The number of thiophene rings is 1. The van der Waals surface area contributed by atoms with Gasteiger partial charge in [0.2, 0.25) is 5.91 Å². The molecule has 0 atom stereocenters. The van der Waals surface area contributed by atoms with Crippen LogP contribution >= 0.6 is 22.7 Å². The first-order chi connectivity index (χ1) is 10.9. The lowest BCUT2D eigenvalue weighted by Crippen LogP contribution is -2.06. The van der Waals surface area contributed by atoms with Gasteiger partial charge in [0.05, 0.1) is 15.1 Å². The molecule has 0 aliphatic heterocycles. The number of hydrogen-bond acceptors (Lipinski definition) is 6. The Morgan fingerprint density at radius 3 is 2.83 bits per heavy atom. The summed E-state index contributed by atoms with van der Waals surface area (Å²) in [5, 5.41) is 5.06. The van der Waals surface area contributed by atoms with Crippen molar-refractivity contribution in [3.8, 4) is 0 Å². The summed E-state index contributed by atoms with van der Waals surface area (Å²) < 4.78 is 23.8. The second-order valence-electron chi connectivity index (χ2n) is 4.76. The molecule has 1 amide bonds. The van der Waals surface area contributed by atoms with Crippen LogP contribution in [-0.4, -0.2) is 25.6 Å². The topological polar surface area (TPSA) is 76.1 Å². The molecule has 2 aromatic heterocycles. The van der Waals surface area contributed by atoms with Crippen molar-refractivity contribution < 1.29 is 13.2 Å². The molecule has 8 heteroatoms. The maximum absolute atomic E-state index is 11.9. The van der Waals surface area contributed by atoms with Gasteiger partial charge in [-0.3, -0.25) is 10.1 Å². The molecular formula is C15H12N2O3S3. The van der Waals surface area contributed by atoms with Crippen LogP contribution in [0.2, 0.25) is 0 Å². The lowest BCUT2D eigenvalue weighted by molar-refractivity contribution is -0.111. The van der Waals surface area contributed by atoms with Crippen LogP contribution in [0.25, 0.3) is 16.3 Å². The molecule has 0 saturated heterocycles. The first-order valence-corrected chi connectivity index (χ1v) is 10.1. The Bertz CT molecular complexity index is 986. The standard InChI is InChI=1S/C15H12N2O3S3/c1-23(19,20)11-5-6-12-13(9-11)22-15(16-12)17-14(18)7-4-10-3-2-8-21-10/h2-9H,1H3,(H,16,17,18)/b7-4-. The second kappa shape index (κ2) is 6.23. The van der Waals surface area contributed by atoms with E-state index in [4.69, 9.17) is 0 Å². The first kappa shape index (κ1) is 15.9. The van der Waals surface area contributed by atoms with Crippen LogP contribution in [0.1, 0.15) is 4.88 Å². The van der Waals surface area contributed by atoms with E-state index in [1.807, 2.05) is 17.5 Å². The molecule has 1 aromatic carbocycles. The van der Waals surface area contributed by atoms with Gasteiger partial charge in [-0.15, -0.1) is 11.3 Å². The fourth-order valence-corrected chi connectivity index (χ4v) is 4.13. The van der Waals surface area contributed by atoms with Crippen LogP contribution < -0.4 is 5.32 Å². The molecule has 118 valence electrons. The Kier molecular flexibility index (Phi) is 4.29. The largest absolute Gasteiger partial charge is 0.298 e. The maximum Gasteiger partial charge on any atom is 0.250 e. The van der Waals surface area contributed by atoms with E-state index in [-0.39, 0.29) is 10.8 Å². The van der Waals surface area contributed by atoms with Gasteiger partial charge in [0.25, 0.3) is 0 Å². The highest BCUT2D eigenvalue weighted by Crippen LogP contribution is 2.28. The fraction of sp³-hybridized carbons (Fsp3) is 0.0667. The molecular weight excluding hydrogens is 352 g/mol. The van der Waals surface area contributed by atoms with Crippen LogP contribution in [-0.2, 0) is 14.6 Å². The van der Waals surface area contributed by atoms with Crippen molar-refractivity contribution in [3.05, 3.63) is 46.7 Å². The predicted octanol–water partition coefficient (Wildman–Crippen LogP) is 3.41. The van der Waals surface area contributed by atoms with E-state index in [2.05, 4.69) is 10.3 Å². The average molecular weight is 364 g/mol. The minimum Gasteiger partial charge on any atom is -0.298 e. The zero-order valence-electron chi connectivity index (χ0n) is 12.0. The van der Waals surface area contributed by atoms with E-state index in [0.29, 0.717) is 15.3 Å². The molecule has 0 aliphatic carbocycles. The van der Waals surface area contributed by atoms with Gasteiger partial charge < -0.3 is 0 Å². The molecule has 3 aromatic rings. The number of benzene rings is 1. The number of fused-ring (bicyclic) bond motifs is 1. The quantitative estimate of drug-likeness (QED) is 0.720. The predicted molar refractivity (Wildman–Crippen MR) is 94.7 cm³/mol. The summed E-state index contributed by atoms with van der Waals surface area (Å²) in [6.45, 7) is 0. The summed E-state index contributed by atoms with van der Waals surface area (Å²) in [4.78, 5) is 17.4. The van der Waals surface area contributed by atoms with Crippen LogP contribution in [0.15, 0.2) is 46.7 Å². The van der Waals surface area contributed by atoms with Gasteiger partial charge >= 0.3 is 0 Å². The van der Waals surface area contributed by atoms with Crippen molar-refractivity contribution in [1.82, 2.24) is 4.98 Å². The summed E-state index contributed by atoms with van der Waals surface area (Å²) >= 11 is 2.78. The minimum atomic E-state index is -3.26. The minimum absolute atomic E-state index is 0.240. The Morgan fingerprint density at radius 2 is 2.13 bits per heavy atom. The van der Waals surface area contributed by atoms with Crippen molar-refractivity contribution in [2.45, 2.75) is 4.90 Å². The molecule has 0 bridgehead atoms. The molecule has 2 heterocycles. The highest BCUT2D eigenvalue weighted by molar-refractivity contribution is 7.90. The van der Waals surface area contributed by atoms with Gasteiger partial charge in [0.15, 0.2) is 15.0 Å². The molecule has 0 saturated carbocycles. The number of thiazole rings is 1. The van der Waals surface area contributed by atoms with E-state index in [1.54, 1.807) is 29.5 Å². The summed E-state index contributed by atoms with van der Waals surface area (Å²) in [5.74, 6) is -0.277. The summed E-state index contributed by atoms with van der Waals surface area (Å²) in [6, 6.07) is 8.55. The molecule has 0 fully saturated rings. The molecule has 0 aliphatic rings. The number of anilines is 1. The summed E-state index contributed by atoms with van der Waals surface area (Å²) in [6.07, 6.45) is 4.34. The number of sulfone groups is 1. The van der Waals surface area contributed by atoms with Gasteiger partial charge in [0, 0.05) is 17.2 Å². The number of amides is 1. The van der Waals surface area contributed by atoms with Gasteiger partial charge in [-0.1, -0.05) is 17.4 Å². The molecule has 23 heavy (non-hydrogen) atoms. The maximum atomic E-state index is 11.9. The summed E-state index contributed by atoms with van der Waals surface area (Å²) in [5.41, 5.74) is 0.653. The zero-order chi connectivity index (χ0) is 16.4. The average Bonchev–Trinajstić information content (AvgIpc) is 3.12. The smallest absolute Gasteiger partial charge is 0.250 e. The van der Waals surface area contributed by atoms with Crippen molar-refractivity contribution in [2.75, 3.05) is 11.6 Å². The Balaban J connectivity index is 1.79. The fourth-order valence-electron chi connectivity index (χ4n) is 1.88. The Labute approximate surface area is 141 Å². The molecule has 0 unspecified atom stereocenters. The SMILES string of the molecule is CS(=O)(=O)c1ccc2nc(NC(=O)/C=C\c3cccs3)sc2c1. The van der Waals surface area contributed by atoms with Gasteiger partial charge in [0.1, 0.15) is 0 Å². The van der Waals surface area contributed by atoms with E-state index in [0.717, 1.165) is 11.1 Å². The van der Waals surface area contributed by atoms with E-state index in [9.17, 15) is 13.2 Å². The first-order valence-electron chi connectivity index (χ1n) is 6.55. The van der Waals surface area contributed by atoms with Crippen molar-refractivity contribution in [2.24, 2.45) is 0 Å². The van der Waals surface area contributed by atoms with Gasteiger partial charge in [-0.25, -0.2) is 13.4 Å². The monoisotopic (exact) mass is 364 g/mol. The molecule has 0 radical (unpaired) electrons. The molecule has 3 rings (SSSR count). The number of rotatable bonds is 4. The lowest BCUT2D eigenvalue weighted by Gasteiger charge is -1.96. The third-order valence-corrected chi connectivity index (χ3v) is 5.84. The van der Waals surface area contributed by atoms with E-state index in [1.165, 1.54) is 23.5 Å². The highest BCUT2D eigenvalue weighted by atomic mass is 32.2. The van der Waals surface area contributed by atoms with Crippen molar-refractivity contribution in [3.63, 3.8) is 0 Å². The Morgan fingerprint density at radius 1 is 1.30 bits per heavy atom. The van der Waals surface area contributed by atoms with Crippen LogP contribution in [0, 0.1) is 0 Å². The van der Waals surface area contributed by atoms with Gasteiger partial charge in [-0.2, -0.15) is 0 Å². The number of carbonyl (C=O) groups excluding carboxylic acids is 1. The highest BCUT2D eigenvalue weighted by Gasteiger charge is 2.11. The van der Waals surface area contributed by atoms with Crippen LogP contribution in [0.4, 0.5) is 5.13 Å². The van der Waals surface area contributed by atoms with Crippen LogP contribution in [0.3, 0.4) is 0 Å². The Hall–Kier alpha value is -2.03. The zero-order valence-corrected chi connectivity index (χ0v) is 14.5. The third kappa shape index (κ3) is 3.84. The number of carbonyl (C=O) groups is 1. The molecule has 1 N–H and O–H groups in total. The molecule has 5 nitrogen and oxygen atoms in total. The number of nitrogens with one attached hydrogen (secondary N) is 1. The third-order valence-electron chi connectivity index (χ3n) is 2.96. The van der Waals surface area contributed by atoms with Crippen molar-refractivity contribution in [1.29, 1.82) is 0 Å². The lowest BCUT2D eigenvalue weighted by atomic mass is 10.3. The second-order valence-corrected chi connectivity index (χ2v) is 8.78.